The van der Waals surface area contributed by atoms with Crippen molar-refractivity contribution in [3.63, 3.8) is 0 Å². The lowest BCUT2D eigenvalue weighted by atomic mass is 10.2. The highest BCUT2D eigenvalue weighted by Gasteiger charge is 2.17. The fourth-order valence-electron chi connectivity index (χ4n) is 2.34. The zero-order chi connectivity index (χ0) is 20.1. The number of carbonyl (C=O) groups excluding carboxylic acids is 3. The molecule has 0 aliphatic heterocycles. The van der Waals surface area contributed by atoms with E-state index in [1.54, 1.807) is 55.6 Å². The number of likely N-dealkylation sites (N-methyl/N-ethyl adjacent to an activating group) is 1. The molecule has 144 valence electrons. The first-order valence-corrected chi connectivity index (χ1v) is 9.79. The number of thiophene rings is 1. The molecule has 3 amide bonds. The van der Waals surface area contributed by atoms with Crippen LogP contribution in [0.15, 0.2) is 63.0 Å². The molecule has 28 heavy (non-hydrogen) atoms. The normalized spacial score (nSPS) is 10.4. The van der Waals surface area contributed by atoms with Crippen molar-refractivity contribution in [1.29, 1.82) is 0 Å². The van der Waals surface area contributed by atoms with Crippen LogP contribution in [0.2, 0.25) is 0 Å². The first-order valence-electron chi connectivity index (χ1n) is 8.18. The van der Waals surface area contributed by atoms with Gasteiger partial charge in [-0.05, 0) is 64.5 Å². The summed E-state index contributed by atoms with van der Waals surface area (Å²) < 4.78 is 5.88. The summed E-state index contributed by atoms with van der Waals surface area (Å²) in [6.07, 6.45) is 1.42. The molecule has 2 N–H and O–H groups in total. The third kappa shape index (κ3) is 5.08. The maximum absolute atomic E-state index is 12.3. The lowest BCUT2D eigenvalue weighted by Gasteiger charge is -2.16. The van der Waals surface area contributed by atoms with E-state index in [0.717, 1.165) is 3.79 Å². The predicted octanol–water partition coefficient (Wildman–Crippen LogP) is 4.07. The largest absolute Gasteiger partial charge is 0.459 e. The van der Waals surface area contributed by atoms with E-state index in [1.807, 2.05) is 0 Å². The quantitative estimate of drug-likeness (QED) is 0.578. The molecule has 0 unspecified atom stereocenters. The van der Waals surface area contributed by atoms with Crippen LogP contribution < -0.4 is 10.6 Å². The van der Waals surface area contributed by atoms with Crippen LogP contribution in [0.3, 0.4) is 0 Å². The number of hydrogen-bond acceptors (Lipinski definition) is 5. The zero-order valence-corrected chi connectivity index (χ0v) is 17.2. The summed E-state index contributed by atoms with van der Waals surface area (Å²) >= 11 is 4.63. The van der Waals surface area contributed by atoms with E-state index in [9.17, 15) is 14.4 Å². The van der Waals surface area contributed by atoms with E-state index in [-0.39, 0.29) is 30.0 Å². The van der Waals surface area contributed by atoms with Gasteiger partial charge >= 0.3 is 0 Å². The van der Waals surface area contributed by atoms with Gasteiger partial charge in [-0.25, -0.2) is 0 Å². The van der Waals surface area contributed by atoms with Gasteiger partial charge in [0.25, 0.3) is 11.8 Å². The van der Waals surface area contributed by atoms with Gasteiger partial charge in [-0.15, -0.1) is 11.3 Å². The van der Waals surface area contributed by atoms with Crippen molar-refractivity contribution in [1.82, 2.24) is 4.90 Å². The number of benzene rings is 1. The van der Waals surface area contributed by atoms with E-state index >= 15 is 0 Å². The Morgan fingerprint density at radius 2 is 1.71 bits per heavy atom. The Kier molecular flexibility index (Phi) is 6.27. The minimum absolute atomic E-state index is 0.0780. The van der Waals surface area contributed by atoms with E-state index in [2.05, 4.69) is 26.6 Å². The van der Waals surface area contributed by atoms with Crippen molar-refractivity contribution in [2.75, 3.05) is 24.2 Å². The number of nitrogens with one attached hydrogen (secondary N) is 2. The number of hydrogen-bond donors (Lipinski definition) is 2. The van der Waals surface area contributed by atoms with Gasteiger partial charge in [-0.1, -0.05) is 0 Å². The lowest BCUT2D eigenvalue weighted by Crippen LogP contribution is -2.34. The number of furan rings is 1. The molecule has 0 aliphatic carbocycles. The summed E-state index contributed by atoms with van der Waals surface area (Å²) in [4.78, 5) is 38.3. The van der Waals surface area contributed by atoms with Gasteiger partial charge in [0, 0.05) is 18.4 Å². The molecule has 9 heteroatoms. The van der Waals surface area contributed by atoms with E-state index < -0.39 is 0 Å². The Hall–Kier alpha value is -2.91. The molecular formula is C19H16BrN3O4S. The lowest BCUT2D eigenvalue weighted by molar-refractivity contribution is -0.116. The molecule has 0 spiro atoms. The summed E-state index contributed by atoms with van der Waals surface area (Å²) in [5.41, 5.74) is 1.12. The molecule has 0 fully saturated rings. The maximum Gasteiger partial charge on any atom is 0.291 e. The number of amides is 3. The topological polar surface area (TPSA) is 91.7 Å². The van der Waals surface area contributed by atoms with Gasteiger partial charge in [0.05, 0.1) is 21.5 Å². The van der Waals surface area contributed by atoms with Crippen molar-refractivity contribution in [3.8, 4) is 0 Å². The zero-order valence-electron chi connectivity index (χ0n) is 14.8. The van der Waals surface area contributed by atoms with E-state index in [4.69, 9.17) is 4.42 Å². The third-order valence-corrected chi connectivity index (χ3v) is 5.29. The fraction of sp³-hybridized carbons (Fsp3) is 0.105. The molecule has 7 nitrogen and oxygen atoms in total. The average molecular weight is 462 g/mol. The molecule has 0 saturated heterocycles. The number of halogens is 1. The molecule has 0 saturated carbocycles. The van der Waals surface area contributed by atoms with Crippen molar-refractivity contribution in [2.45, 2.75) is 0 Å². The van der Waals surface area contributed by atoms with Crippen LogP contribution in [0.25, 0.3) is 0 Å². The van der Waals surface area contributed by atoms with Crippen molar-refractivity contribution >= 4 is 56.4 Å². The van der Waals surface area contributed by atoms with Crippen molar-refractivity contribution in [2.24, 2.45) is 0 Å². The summed E-state index contributed by atoms with van der Waals surface area (Å²) in [5, 5.41) is 5.41. The maximum atomic E-state index is 12.3. The van der Waals surface area contributed by atoms with Gasteiger partial charge in [-0.3, -0.25) is 14.4 Å². The van der Waals surface area contributed by atoms with E-state index in [0.29, 0.717) is 16.3 Å². The second kappa shape index (κ2) is 8.85. The van der Waals surface area contributed by atoms with E-state index in [1.165, 1.54) is 22.5 Å². The molecular weight excluding hydrogens is 446 g/mol. The smallest absolute Gasteiger partial charge is 0.291 e. The SMILES string of the molecule is CN(CC(=O)Nc1ccc(NC(=O)c2ccco2)cc1)C(=O)c1ccc(Br)s1. The van der Waals surface area contributed by atoms with Crippen molar-refractivity contribution < 1.29 is 18.8 Å². The highest BCUT2D eigenvalue weighted by Crippen LogP contribution is 2.23. The molecule has 0 aliphatic rings. The van der Waals surface area contributed by atoms with Gasteiger partial charge < -0.3 is 20.0 Å². The Labute approximate surface area is 173 Å². The van der Waals surface area contributed by atoms with Gasteiger partial charge in [0.2, 0.25) is 5.91 Å². The Morgan fingerprint density at radius 3 is 2.29 bits per heavy atom. The molecule has 3 rings (SSSR count). The molecule has 0 radical (unpaired) electrons. The highest BCUT2D eigenvalue weighted by atomic mass is 79.9. The molecule has 0 atom stereocenters. The molecule has 3 aromatic rings. The average Bonchev–Trinajstić information content (AvgIpc) is 3.34. The molecule has 2 aromatic heterocycles. The molecule has 2 heterocycles. The van der Waals surface area contributed by atoms with Gasteiger partial charge in [-0.2, -0.15) is 0 Å². The first-order chi connectivity index (χ1) is 13.4. The van der Waals surface area contributed by atoms with Crippen LogP contribution in [-0.4, -0.2) is 36.2 Å². The number of rotatable bonds is 6. The van der Waals surface area contributed by atoms with Crippen LogP contribution >= 0.6 is 27.3 Å². The second-order valence-electron chi connectivity index (χ2n) is 5.82. The third-order valence-electron chi connectivity index (χ3n) is 3.68. The molecule has 0 bridgehead atoms. The monoisotopic (exact) mass is 461 g/mol. The summed E-state index contributed by atoms with van der Waals surface area (Å²) in [5.74, 6) is -0.689. The first kappa shape index (κ1) is 19.8. The Balaban J connectivity index is 1.52. The second-order valence-corrected chi connectivity index (χ2v) is 8.28. The van der Waals surface area contributed by atoms with Crippen LogP contribution in [0, 0.1) is 0 Å². The Morgan fingerprint density at radius 1 is 1.04 bits per heavy atom. The Bertz CT molecular complexity index is 983. The highest BCUT2D eigenvalue weighted by molar-refractivity contribution is 9.11. The minimum Gasteiger partial charge on any atom is -0.459 e. The van der Waals surface area contributed by atoms with Crippen LogP contribution in [-0.2, 0) is 4.79 Å². The molecule has 1 aromatic carbocycles. The number of anilines is 2. The summed E-state index contributed by atoms with van der Waals surface area (Å²) in [6.45, 7) is -0.0780. The van der Waals surface area contributed by atoms with Crippen LogP contribution in [0.1, 0.15) is 20.2 Å². The standard InChI is InChI=1S/C19H16BrN3O4S/c1-23(19(26)15-8-9-16(20)28-15)11-17(24)21-12-4-6-13(7-5-12)22-18(25)14-3-2-10-27-14/h2-10H,11H2,1H3,(H,21,24)(H,22,25). The number of carbonyl (C=O) groups is 3. The van der Waals surface area contributed by atoms with Gasteiger partial charge in [0.1, 0.15) is 0 Å². The summed E-state index contributed by atoms with van der Waals surface area (Å²) in [6, 6.07) is 13.3. The predicted molar refractivity (Wildman–Crippen MR) is 111 cm³/mol. The van der Waals surface area contributed by atoms with Crippen LogP contribution in [0.5, 0.6) is 0 Å². The number of nitrogens with zero attached hydrogens (tertiary/aromatic N) is 1. The summed E-state index contributed by atoms with van der Waals surface area (Å²) in [7, 11) is 1.57. The van der Waals surface area contributed by atoms with Crippen LogP contribution in [0.4, 0.5) is 11.4 Å². The van der Waals surface area contributed by atoms with Crippen molar-refractivity contribution in [3.05, 3.63) is 69.2 Å². The van der Waals surface area contributed by atoms with Gasteiger partial charge in [0.15, 0.2) is 5.76 Å². The fourth-order valence-corrected chi connectivity index (χ4v) is 3.72. The minimum atomic E-state index is -0.359.